The fraction of sp³-hybridized carbons (Fsp3) is 0.400. The van der Waals surface area contributed by atoms with Gasteiger partial charge in [-0.3, -0.25) is 0 Å². The van der Waals surface area contributed by atoms with Crippen molar-refractivity contribution in [2.24, 2.45) is 0 Å². The normalized spacial score (nSPS) is 11.8. The van der Waals surface area contributed by atoms with Crippen LogP contribution in [0.2, 0.25) is 10.0 Å². The molecule has 1 nitrogen and oxygen atoms in total. The minimum absolute atomic E-state index is 0.690. The Morgan fingerprint density at radius 3 is 2.23 bits per heavy atom. The summed E-state index contributed by atoms with van der Waals surface area (Å²) in [6.45, 7) is 0.913. The van der Waals surface area contributed by atoms with E-state index >= 15 is 0 Å². The van der Waals surface area contributed by atoms with Gasteiger partial charge >= 0.3 is 0 Å². The molecule has 0 unspecified atom stereocenters. The van der Waals surface area contributed by atoms with Crippen molar-refractivity contribution in [1.82, 2.24) is 0 Å². The first kappa shape index (κ1) is 10.8. The number of hydrogen-bond donors (Lipinski definition) is 0. The van der Waals surface area contributed by atoms with E-state index in [2.05, 4.69) is 21.1 Å². The van der Waals surface area contributed by atoms with Crippen LogP contribution in [0.25, 0.3) is 0 Å². The summed E-state index contributed by atoms with van der Waals surface area (Å²) < 4.78 is 0.862. The largest absolute Gasteiger partial charge is 0.327 e. The zero-order valence-electron chi connectivity index (χ0n) is 8.14. The van der Waals surface area contributed by atoms with Gasteiger partial charge in [-0.05, 0) is 12.1 Å². The Balaban J connectivity index is 2.90. The molecule has 1 aromatic carbocycles. The lowest BCUT2D eigenvalue weighted by molar-refractivity contribution is -0.883. The van der Waals surface area contributed by atoms with Crippen molar-refractivity contribution in [1.29, 1.82) is 0 Å². The molecule has 0 fully saturated rings. The molecule has 0 bridgehead atoms. The Hall–Kier alpha value is -0.240. The molecule has 1 rings (SSSR count). The summed E-state index contributed by atoms with van der Waals surface area (Å²) in [6.07, 6.45) is 0. The van der Waals surface area contributed by atoms with Gasteiger partial charge in [-0.15, -0.1) is 0 Å². The van der Waals surface area contributed by atoms with Crippen LogP contribution in [0.15, 0.2) is 18.2 Å². The Bertz CT molecular complexity index is 302. The molecule has 72 valence electrons. The second-order valence-electron chi connectivity index (χ2n) is 4.18. The van der Waals surface area contributed by atoms with Crippen LogP contribution in [0.4, 0.5) is 0 Å². The predicted molar refractivity (Wildman–Crippen MR) is 58.2 cm³/mol. The van der Waals surface area contributed by atoms with Gasteiger partial charge < -0.3 is 4.48 Å². The van der Waals surface area contributed by atoms with Crippen LogP contribution in [-0.4, -0.2) is 25.6 Å². The van der Waals surface area contributed by atoms with Gasteiger partial charge in [-0.1, -0.05) is 29.3 Å². The number of hydrogen-bond acceptors (Lipinski definition) is 0. The second kappa shape index (κ2) is 3.87. The third-order valence-corrected chi connectivity index (χ3v) is 2.25. The number of benzene rings is 1. The van der Waals surface area contributed by atoms with E-state index in [1.54, 1.807) is 6.07 Å². The number of nitrogens with zero attached hydrogens (tertiary/aromatic N) is 1. The van der Waals surface area contributed by atoms with Crippen molar-refractivity contribution in [3.63, 3.8) is 0 Å². The monoisotopic (exact) mass is 218 g/mol. The van der Waals surface area contributed by atoms with E-state index in [1.165, 1.54) is 0 Å². The molecule has 0 radical (unpaired) electrons. The predicted octanol–water partition coefficient (Wildman–Crippen LogP) is 3.20. The van der Waals surface area contributed by atoms with Crippen LogP contribution < -0.4 is 0 Å². The van der Waals surface area contributed by atoms with Crippen molar-refractivity contribution < 1.29 is 4.48 Å². The molecular formula is C10H14Cl2N+. The van der Waals surface area contributed by atoms with E-state index in [1.807, 2.05) is 12.1 Å². The Labute approximate surface area is 89.5 Å². The number of quaternary nitrogens is 1. The first-order valence-corrected chi connectivity index (χ1v) is 4.88. The van der Waals surface area contributed by atoms with E-state index in [-0.39, 0.29) is 0 Å². The Kier molecular flexibility index (Phi) is 3.23. The standard InChI is InChI=1S/C10H14Cl2N/c1-13(2,3)7-8-4-5-9(11)6-10(8)12/h4-6H,7H2,1-3H3/q+1. The zero-order valence-corrected chi connectivity index (χ0v) is 9.65. The summed E-state index contributed by atoms with van der Waals surface area (Å²) in [7, 11) is 6.39. The Morgan fingerprint density at radius 1 is 1.15 bits per heavy atom. The van der Waals surface area contributed by atoms with Crippen molar-refractivity contribution in [3.05, 3.63) is 33.8 Å². The molecular weight excluding hydrogens is 205 g/mol. The SMILES string of the molecule is C[N+](C)(C)Cc1ccc(Cl)cc1Cl. The van der Waals surface area contributed by atoms with Gasteiger partial charge in [0.1, 0.15) is 6.54 Å². The third kappa shape index (κ3) is 3.55. The highest BCUT2D eigenvalue weighted by Crippen LogP contribution is 2.22. The maximum absolute atomic E-state index is 6.04. The molecule has 13 heavy (non-hydrogen) atoms. The fourth-order valence-corrected chi connectivity index (χ4v) is 1.63. The van der Waals surface area contributed by atoms with E-state index in [0.29, 0.717) is 5.02 Å². The first-order valence-electron chi connectivity index (χ1n) is 4.13. The molecule has 0 spiro atoms. The maximum atomic E-state index is 6.04. The van der Waals surface area contributed by atoms with Crippen LogP contribution in [0.5, 0.6) is 0 Å². The molecule has 0 aliphatic heterocycles. The molecule has 0 N–H and O–H groups in total. The van der Waals surface area contributed by atoms with E-state index in [0.717, 1.165) is 21.6 Å². The van der Waals surface area contributed by atoms with Gasteiger partial charge in [-0.2, -0.15) is 0 Å². The highest BCUT2D eigenvalue weighted by Gasteiger charge is 2.11. The lowest BCUT2D eigenvalue weighted by Crippen LogP contribution is -2.33. The minimum Gasteiger partial charge on any atom is -0.327 e. The highest BCUT2D eigenvalue weighted by atomic mass is 35.5. The molecule has 3 heteroatoms. The van der Waals surface area contributed by atoms with E-state index in [9.17, 15) is 0 Å². The van der Waals surface area contributed by atoms with Gasteiger partial charge in [0, 0.05) is 10.6 Å². The average molecular weight is 219 g/mol. The minimum atomic E-state index is 0.690. The second-order valence-corrected chi connectivity index (χ2v) is 5.03. The van der Waals surface area contributed by atoms with E-state index in [4.69, 9.17) is 23.2 Å². The lowest BCUT2D eigenvalue weighted by atomic mass is 10.2. The first-order chi connectivity index (χ1) is 5.88. The summed E-state index contributed by atoms with van der Waals surface area (Å²) in [6, 6.07) is 5.64. The van der Waals surface area contributed by atoms with Crippen LogP contribution in [0.1, 0.15) is 5.56 Å². The number of halogens is 2. The number of rotatable bonds is 2. The topological polar surface area (TPSA) is 0 Å². The molecule has 0 aromatic heterocycles. The van der Waals surface area contributed by atoms with Crippen LogP contribution in [0.3, 0.4) is 0 Å². The maximum Gasteiger partial charge on any atom is 0.105 e. The molecule has 0 heterocycles. The smallest absolute Gasteiger partial charge is 0.105 e. The molecule has 0 aliphatic carbocycles. The molecule has 0 atom stereocenters. The van der Waals surface area contributed by atoms with Gasteiger partial charge in [0.15, 0.2) is 0 Å². The van der Waals surface area contributed by atoms with E-state index < -0.39 is 0 Å². The summed E-state index contributed by atoms with van der Waals surface area (Å²) in [5, 5.41) is 1.44. The zero-order chi connectivity index (χ0) is 10.1. The highest BCUT2D eigenvalue weighted by molar-refractivity contribution is 6.35. The molecule has 0 aliphatic rings. The summed E-state index contributed by atoms with van der Waals surface area (Å²) in [4.78, 5) is 0. The Morgan fingerprint density at radius 2 is 1.77 bits per heavy atom. The van der Waals surface area contributed by atoms with Gasteiger partial charge in [0.25, 0.3) is 0 Å². The van der Waals surface area contributed by atoms with Crippen molar-refractivity contribution >= 4 is 23.2 Å². The summed E-state index contributed by atoms with van der Waals surface area (Å²) in [5.41, 5.74) is 1.14. The van der Waals surface area contributed by atoms with Crippen LogP contribution in [-0.2, 0) is 6.54 Å². The average Bonchev–Trinajstić information content (AvgIpc) is 1.93. The molecule has 0 saturated carbocycles. The molecule has 0 amide bonds. The van der Waals surface area contributed by atoms with Crippen molar-refractivity contribution in [2.45, 2.75) is 6.54 Å². The van der Waals surface area contributed by atoms with Gasteiger partial charge in [-0.25, -0.2) is 0 Å². The van der Waals surface area contributed by atoms with Crippen molar-refractivity contribution in [2.75, 3.05) is 21.1 Å². The van der Waals surface area contributed by atoms with Crippen molar-refractivity contribution in [3.8, 4) is 0 Å². The summed E-state index contributed by atoms with van der Waals surface area (Å²) >= 11 is 11.8. The van der Waals surface area contributed by atoms with Gasteiger partial charge in [0.05, 0.1) is 26.2 Å². The third-order valence-electron chi connectivity index (χ3n) is 1.66. The fourth-order valence-electron chi connectivity index (χ4n) is 1.16. The summed E-state index contributed by atoms with van der Waals surface area (Å²) in [5.74, 6) is 0. The van der Waals surface area contributed by atoms with Gasteiger partial charge in [0.2, 0.25) is 0 Å². The molecule has 1 aromatic rings. The quantitative estimate of drug-likeness (QED) is 0.670. The van der Waals surface area contributed by atoms with Crippen LogP contribution in [0, 0.1) is 0 Å². The van der Waals surface area contributed by atoms with Crippen LogP contribution >= 0.6 is 23.2 Å². The lowest BCUT2D eigenvalue weighted by Gasteiger charge is -2.24. The molecule has 0 saturated heterocycles.